The lowest BCUT2D eigenvalue weighted by molar-refractivity contribution is -0.112. The summed E-state index contributed by atoms with van der Waals surface area (Å²) < 4.78 is 15.9. The Morgan fingerprint density at radius 3 is 2.50 bits per heavy atom. The number of rotatable bonds is 7. The van der Waals surface area contributed by atoms with E-state index in [0.717, 1.165) is 0 Å². The first-order valence-corrected chi connectivity index (χ1v) is 8.00. The number of carbonyl (C=O) groups excluding carboxylic acids is 1. The highest BCUT2D eigenvalue weighted by molar-refractivity contribution is 6.10. The Labute approximate surface area is 152 Å². The smallest absolute Gasteiger partial charge is 0.266 e. The van der Waals surface area contributed by atoms with Crippen LogP contribution in [0.2, 0.25) is 0 Å². The van der Waals surface area contributed by atoms with Crippen molar-refractivity contribution in [3.8, 4) is 23.3 Å². The van der Waals surface area contributed by atoms with E-state index in [-0.39, 0.29) is 5.57 Å². The van der Waals surface area contributed by atoms with Crippen LogP contribution < -0.4 is 19.5 Å². The van der Waals surface area contributed by atoms with Crippen molar-refractivity contribution in [3.63, 3.8) is 0 Å². The Bertz CT molecular complexity index is 853. The minimum atomic E-state index is -0.522. The van der Waals surface area contributed by atoms with Gasteiger partial charge in [0.2, 0.25) is 0 Å². The summed E-state index contributed by atoms with van der Waals surface area (Å²) in [6, 6.07) is 14.1. The SMILES string of the molecule is CCOc1cc(/C=C(\C#N)C(=O)Nc2ccccc2OC)ccc1OC. The molecule has 0 atom stereocenters. The maximum atomic E-state index is 12.4. The summed E-state index contributed by atoms with van der Waals surface area (Å²) >= 11 is 0. The van der Waals surface area contributed by atoms with Crippen molar-refractivity contribution in [1.29, 1.82) is 5.26 Å². The van der Waals surface area contributed by atoms with Crippen molar-refractivity contribution in [2.24, 2.45) is 0 Å². The third-order valence-corrected chi connectivity index (χ3v) is 3.52. The van der Waals surface area contributed by atoms with Crippen LogP contribution in [0.5, 0.6) is 17.2 Å². The number of nitriles is 1. The lowest BCUT2D eigenvalue weighted by Gasteiger charge is -2.10. The summed E-state index contributed by atoms with van der Waals surface area (Å²) in [6.45, 7) is 2.34. The van der Waals surface area contributed by atoms with Gasteiger partial charge in [0, 0.05) is 0 Å². The van der Waals surface area contributed by atoms with Gasteiger partial charge in [0.25, 0.3) is 5.91 Å². The second-order valence-corrected chi connectivity index (χ2v) is 5.17. The Morgan fingerprint density at radius 2 is 1.85 bits per heavy atom. The van der Waals surface area contributed by atoms with Gasteiger partial charge in [0.05, 0.1) is 26.5 Å². The first-order chi connectivity index (χ1) is 12.6. The first-order valence-electron chi connectivity index (χ1n) is 8.00. The fraction of sp³-hybridized carbons (Fsp3) is 0.200. The van der Waals surface area contributed by atoms with Crippen LogP contribution in [0, 0.1) is 11.3 Å². The normalized spacial score (nSPS) is 10.6. The lowest BCUT2D eigenvalue weighted by atomic mass is 10.1. The third kappa shape index (κ3) is 4.54. The molecule has 0 spiro atoms. The number of nitrogens with one attached hydrogen (secondary N) is 1. The van der Waals surface area contributed by atoms with E-state index >= 15 is 0 Å². The second-order valence-electron chi connectivity index (χ2n) is 5.17. The summed E-state index contributed by atoms with van der Waals surface area (Å²) in [5, 5.41) is 12.1. The predicted molar refractivity (Wildman–Crippen MR) is 99.4 cm³/mol. The molecule has 2 aromatic rings. The molecule has 0 aliphatic heterocycles. The number of hydrogen-bond donors (Lipinski definition) is 1. The molecule has 0 saturated carbocycles. The average Bonchev–Trinajstić information content (AvgIpc) is 2.67. The Hall–Kier alpha value is -3.46. The molecular weight excluding hydrogens is 332 g/mol. The van der Waals surface area contributed by atoms with Gasteiger partial charge in [0.15, 0.2) is 11.5 Å². The van der Waals surface area contributed by atoms with E-state index in [9.17, 15) is 10.1 Å². The molecule has 0 bridgehead atoms. The maximum Gasteiger partial charge on any atom is 0.266 e. The molecule has 0 aromatic heterocycles. The maximum absolute atomic E-state index is 12.4. The quantitative estimate of drug-likeness (QED) is 0.608. The number of ether oxygens (including phenoxy) is 3. The van der Waals surface area contributed by atoms with E-state index in [1.54, 1.807) is 49.6 Å². The first kappa shape index (κ1) is 18.9. The molecule has 6 nitrogen and oxygen atoms in total. The molecule has 26 heavy (non-hydrogen) atoms. The monoisotopic (exact) mass is 352 g/mol. The van der Waals surface area contributed by atoms with Crippen LogP contribution >= 0.6 is 0 Å². The fourth-order valence-corrected chi connectivity index (χ4v) is 2.30. The van der Waals surface area contributed by atoms with E-state index < -0.39 is 5.91 Å². The summed E-state index contributed by atoms with van der Waals surface area (Å²) in [4.78, 5) is 12.4. The average molecular weight is 352 g/mol. The van der Waals surface area contributed by atoms with E-state index in [1.165, 1.54) is 13.2 Å². The van der Waals surface area contributed by atoms with Crippen LogP contribution in [0.1, 0.15) is 12.5 Å². The van der Waals surface area contributed by atoms with Gasteiger partial charge in [-0.3, -0.25) is 4.79 Å². The van der Waals surface area contributed by atoms with Gasteiger partial charge in [0.1, 0.15) is 17.4 Å². The van der Waals surface area contributed by atoms with E-state index in [1.807, 2.05) is 13.0 Å². The van der Waals surface area contributed by atoms with Gasteiger partial charge in [-0.2, -0.15) is 5.26 Å². The molecule has 0 unspecified atom stereocenters. The summed E-state index contributed by atoms with van der Waals surface area (Å²) in [5.74, 6) is 1.12. The summed E-state index contributed by atoms with van der Waals surface area (Å²) in [5.41, 5.74) is 1.11. The Kier molecular flexibility index (Phi) is 6.63. The molecule has 2 aromatic carbocycles. The zero-order valence-corrected chi connectivity index (χ0v) is 14.9. The topological polar surface area (TPSA) is 80.6 Å². The number of anilines is 1. The van der Waals surface area contributed by atoms with E-state index in [2.05, 4.69) is 5.32 Å². The van der Waals surface area contributed by atoms with Gasteiger partial charge < -0.3 is 19.5 Å². The number of methoxy groups -OCH3 is 2. The van der Waals surface area contributed by atoms with Crippen LogP contribution in [-0.2, 0) is 4.79 Å². The van der Waals surface area contributed by atoms with Gasteiger partial charge >= 0.3 is 0 Å². The Morgan fingerprint density at radius 1 is 1.12 bits per heavy atom. The zero-order chi connectivity index (χ0) is 18.9. The summed E-state index contributed by atoms with van der Waals surface area (Å²) in [7, 11) is 3.06. The number of amides is 1. The fourth-order valence-electron chi connectivity index (χ4n) is 2.30. The zero-order valence-electron chi connectivity index (χ0n) is 14.9. The van der Waals surface area contributed by atoms with Crippen molar-refractivity contribution >= 4 is 17.7 Å². The second kappa shape index (κ2) is 9.14. The van der Waals surface area contributed by atoms with Crippen molar-refractivity contribution in [2.45, 2.75) is 6.92 Å². The number of hydrogen-bond acceptors (Lipinski definition) is 5. The van der Waals surface area contributed by atoms with Gasteiger partial charge in [-0.15, -0.1) is 0 Å². The van der Waals surface area contributed by atoms with Crippen molar-refractivity contribution in [2.75, 3.05) is 26.1 Å². The number of carbonyl (C=O) groups is 1. The molecule has 0 fully saturated rings. The molecule has 1 N–H and O–H groups in total. The molecule has 0 radical (unpaired) electrons. The van der Waals surface area contributed by atoms with Gasteiger partial charge in [-0.1, -0.05) is 18.2 Å². The summed E-state index contributed by atoms with van der Waals surface area (Å²) in [6.07, 6.45) is 1.49. The molecule has 0 heterocycles. The van der Waals surface area contributed by atoms with Gasteiger partial charge in [-0.25, -0.2) is 0 Å². The van der Waals surface area contributed by atoms with Crippen LogP contribution in [0.15, 0.2) is 48.0 Å². The van der Waals surface area contributed by atoms with Gasteiger partial charge in [-0.05, 0) is 42.8 Å². The van der Waals surface area contributed by atoms with Crippen LogP contribution in [0.4, 0.5) is 5.69 Å². The van der Waals surface area contributed by atoms with E-state index in [4.69, 9.17) is 14.2 Å². The van der Waals surface area contributed by atoms with Crippen molar-refractivity contribution in [3.05, 3.63) is 53.6 Å². The highest BCUT2D eigenvalue weighted by Gasteiger charge is 2.13. The molecule has 0 saturated heterocycles. The molecule has 1 amide bonds. The minimum absolute atomic E-state index is 0.0384. The molecule has 134 valence electrons. The van der Waals surface area contributed by atoms with Crippen molar-refractivity contribution in [1.82, 2.24) is 0 Å². The highest BCUT2D eigenvalue weighted by atomic mass is 16.5. The van der Waals surface area contributed by atoms with Crippen LogP contribution in [0.25, 0.3) is 6.08 Å². The largest absolute Gasteiger partial charge is 0.495 e. The van der Waals surface area contributed by atoms with Crippen molar-refractivity contribution < 1.29 is 19.0 Å². The predicted octanol–water partition coefficient (Wildman–Crippen LogP) is 3.65. The number of nitrogens with zero attached hydrogens (tertiary/aromatic N) is 1. The standard InChI is InChI=1S/C20H20N2O4/c1-4-26-19-12-14(9-10-18(19)25-3)11-15(13-21)20(23)22-16-7-5-6-8-17(16)24-2/h5-12H,4H2,1-3H3,(H,22,23)/b15-11+. The number of para-hydroxylation sites is 2. The highest BCUT2D eigenvalue weighted by Crippen LogP contribution is 2.29. The lowest BCUT2D eigenvalue weighted by Crippen LogP contribution is -2.14. The van der Waals surface area contributed by atoms with E-state index in [0.29, 0.717) is 35.1 Å². The molecule has 0 aliphatic carbocycles. The van der Waals surface area contributed by atoms with Crippen LogP contribution in [0.3, 0.4) is 0 Å². The molecular formula is C20H20N2O4. The molecule has 2 rings (SSSR count). The molecule has 0 aliphatic rings. The molecule has 6 heteroatoms. The minimum Gasteiger partial charge on any atom is -0.495 e. The van der Waals surface area contributed by atoms with Crippen LogP contribution in [-0.4, -0.2) is 26.7 Å². The third-order valence-electron chi connectivity index (χ3n) is 3.52. The number of benzene rings is 2. The Balaban J connectivity index is 2.28.